The van der Waals surface area contributed by atoms with Crippen LogP contribution < -0.4 is 19.5 Å². The van der Waals surface area contributed by atoms with Gasteiger partial charge in [-0.05, 0) is 61.9 Å². The molecule has 4 rings (SSSR count). The highest BCUT2D eigenvalue weighted by Crippen LogP contribution is 2.37. The molecule has 0 radical (unpaired) electrons. The Kier molecular flexibility index (Phi) is 7.79. The van der Waals surface area contributed by atoms with E-state index in [1.807, 2.05) is 6.92 Å². The van der Waals surface area contributed by atoms with Crippen LogP contribution in [0.5, 0.6) is 11.6 Å². The minimum absolute atomic E-state index is 0.0164. The molecule has 0 atom stereocenters. The maximum Gasteiger partial charge on any atom is 0.265 e. The molecule has 0 unspecified atom stereocenters. The minimum Gasteiger partial charge on any atom is -0.495 e. The Balaban J connectivity index is 1.59. The standard InChI is InChI=1S/C25H30N4O5S2/c1-15-11-23(34-4)26-14-19(15)29-36(31,32)21-13-18(9-10-20(21)33-3)24-16(2)27-25(35-24)28-22(30)12-17-7-5-6-8-17/h9-11,13-14,17,29H,5-8,12H2,1-4H3,(H,27,28,30). The summed E-state index contributed by atoms with van der Waals surface area (Å²) in [5.74, 6) is 1.00. The molecule has 36 heavy (non-hydrogen) atoms. The largest absolute Gasteiger partial charge is 0.495 e. The Hall–Kier alpha value is -3.18. The normalized spacial score (nSPS) is 14.0. The molecule has 0 bridgehead atoms. The Morgan fingerprint density at radius 3 is 2.56 bits per heavy atom. The second kappa shape index (κ2) is 10.8. The van der Waals surface area contributed by atoms with E-state index < -0.39 is 10.0 Å². The van der Waals surface area contributed by atoms with Crippen LogP contribution in [0.25, 0.3) is 10.4 Å². The number of anilines is 2. The zero-order valence-electron chi connectivity index (χ0n) is 20.8. The van der Waals surface area contributed by atoms with Crippen molar-refractivity contribution in [3.63, 3.8) is 0 Å². The van der Waals surface area contributed by atoms with Gasteiger partial charge in [-0.25, -0.2) is 18.4 Å². The lowest BCUT2D eigenvalue weighted by Crippen LogP contribution is -2.15. The molecule has 2 heterocycles. The zero-order valence-corrected chi connectivity index (χ0v) is 22.4. The van der Waals surface area contributed by atoms with E-state index in [4.69, 9.17) is 9.47 Å². The van der Waals surface area contributed by atoms with Gasteiger partial charge in [0.1, 0.15) is 10.6 Å². The van der Waals surface area contributed by atoms with Crippen molar-refractivity contribution in [3.05, 3.63) is 41.7 Å². The molecule has 0 saturated heterocycles. The molecule has 0 aliphatic heterocycles. The molecular weight excluding hydrogens is 500 g/mol. The van der Waals surface area contributed by atoms with Crippen LogP contribution in [0.3, 0.4) is 0 Å². The van der Waals surface area contributed by atoms with E-state index >= 15 is 0 Å². The maximum absolute atomic E-state index is 13.4. The van der Waals surface area contributed by atoms with Crippen molar-refractivity contribution >= 4 is 38.1 Å². The molecule has 1 aliphatic carbocycles. The highest BCUT2D eigenvalue weighted by atomic mass is 32.2. The maximum atomic E-state index is 13.4. The molecular formula is C25H30N4O5S2. The highest BCUT2D eigenvalue weighted by Gasteiger charge is 2.24. The number of carbonyl (C=O) groups excluding carboxylic acids is 1. The number of amides is 1. The van der Waals surface area contributed by atoms with Gasteiger partial charge in [-0.1, -0.05) is 24.2 Å². The van der Waals surface area contributed by atoms with Crippen molar-refractivity contribution in [3.8, 4) is 22.1 Å². The molecule has 192 valence electrons. The number of aryl methyl sites for hydroxylation is 2. The summed E-state index contributed by atoms with van der Waals surface area (Å²) in [5, 5.41) is 3.41. The van der Waals surface area contributed by atoms with Crippen molar-refractivity contribution in [2.75, 3.05) is 24.3 Å². The summed E-state index contributed by atoms with van der Waals surface area (Å²) < 4.78 is 39.7. The van der Waals surface area contributed by atoms with Crippen LogP contribution in [0.4, 0.5) is 10.8 Å². The third-order valence-corrected chi connectivity index (χ3v) is 8.75. The van der Waals surface area contributed by atoms with Gasteiger partial charge in [0, 0.05) is 12.5 Å². The van der Waals surface area contributed by atoms with Gasteiger partial charge < -0.3 is 14.8 Å². The van der Waals surface area contributed by atoms with Crippen molar-refractivity contribution in [2.45, 2.75) is 50.8 Å². The lowest BCUT2D eigenvalue weighted by molar-refractivity contribution is -0.117. The predicted molar refractivity (Wildman–Crippen MR) is 140 cm³/mol. The van der Waals surface area contributed by atoms with Crippen LogP contribution in [0, 0.1) is 19.8 Å². The van der Waals surface area contributed by atoms with Crippen LogP contribution in [0.15, 0.2) is 35.4 Å². The first-order valence-electron chi connectivity index (χ1n) is 11.7. The molecule has 1 aliphatic rings. The number of ether oxygens (including phenoxy) is 2. The number of hydrogen-bond acceptors (Lipinski definition) is 8. The van der Waals surface area contributed by atoms with E-state index in [9.17, 15) is 13.2 Å². The SMILES string of the molecule is COc1cc(C)c(NS(=O)(=O)c2cc(-c3sc(NC(=O)CC4CCCC4)nc3C)ccc2OC)cn1. The minimum atomic E-state index is -4.01. The van der Waals surface area contributed by atoms with Gasteiger partial charge in [0.05, 0.1) is 36.7 Å². The quantitative estimate of drug-likeness (QED) is 0.392. The number of benzene rings is 1. The number of pyridine rings is 1. The number of hydrogen-bond donors (Lipinski definition) is 2. The van der Waals surface area contributed by atoms with Crippen LogP contribution in [0.2, 0.25) is 0 Å². The molecule has 0 spiro atoms. The zero-order chi connectivity index (χ0) is 25.9. The summed E-state index contributed by atoms with van der Waals surface area (Å²) in [7, 11) is -1.09. The Morgan fingerprint density at radius 2 is 1.89 bits per heavy atom. The molecule has 9 nitrogen and oxygen atoms in total. The summed E-state index contributed by atoms with van der Waals surface area (Å²) in [6.07, 6.45) is 6.48. The van der Waals surface area contributed by atoms with Gasteiger partial charge in [0.25, 0.3) is 10.0 Å². The van der Waals surface area contributed by atoms with Gasteiger partial charge in [-0.2, -0.15) is 0 Å². The molecule has 1 saturated carbocycles. The van der Waals surface area contributed by atoms with Gasteiger partial charge in [-0.15, -0.1) is 0 Å². The number of nitrogens with one attached hydrogen (secondary N) is 2. The fraction of sp³-hybridized carbons (Fsp3) is 0.400. The van der Waals surface area contributed by atoms with E-state index in [2.05, 4.69) is 20.0 Å². The van der Waals surface area contributed by atoms with Gasteiger partial charge in [-0.3, -0.25) is 9.52 Å². The third-order valence-electron chi connectivity index (χ3n) is 6.25. The second-order valence-corrected chi connectivity index (χ2v) is 11.5. The van der Waals surface area contributed by atoms with E-state index in [-0.39, 0.29) is 16.6 Å². The molecule has 11 heteroatoms. The summed E-state index contributed by atoms with van der Waals surface area (Å²) in [5.41, 5.74) is 2.36. The number of rotatable bonds is 9. The van der Waals surface area contributed by atoms with Gasteiger partial charge >= 0.3 is 0 Å². The second-order valence-electron chi connectivity index (χ2n) is 8.85. The van der Waals surface area contributed by atoms with Crippen LogP contribution in [0.1, 0.15) is 43.4 Å². The molecule has 1 fully saturated rings. The number of nitrogens with zero attached hydrogens (tertiary/aromatic N) is 2. The fourth-order valence-corrected chi connectivity index (χ4v) is 6.63. The van der Waals surface area contributed by atoms with E-state index in [1.54, 1.807) is 31.2 Å². The number of methoxy groups -OCH3 is 2. The van der Waals surface area contributed by atoms with Crippen LogP contribution >= 0.6 is 11.3 Å². The van der Waals surface area contributed by atoms with Crippen molar-refractivity contribution in [1.29, 1.82) is 0 Å². The van der Waals surface area contributed by atoms with E-state index in [1.165, 1.54) is 44.6 Å². The van der Waals surface area contributed by atoms with Crippen molar-refractivity contribution < 1.29 is 22.7 Å². The number of carbonyl (C=O) groups is 1. The molecule has 2 aromatic heterocycles. The summed E-state index contributed by atoms with van der Waals surface area (Å²) in [6, 6.07) is 6.59. The first kappa shape index (κ1) is 25.9. The van der Waals surface area contributed by atoms with Crippen LogP contribution in [-0.4, -0.2) is 38.5 Å². The Morgan fingerprint density at radius 1 is 1.14 bits per heavy atom. The van der Waals surface area contributed by atoms with E-state index in [0.29, 0.717) is 45.9 Å². The topological polar surface area (TPSA) is 120 Å². The van der Waals surface area contributed by atoms with Gasteiger partial charge in [0.15, 0.2) is 5.13 Å². The smallest absolute Gasteiger partial charge is 0.265 e. The average Bonchev–Trinajstić information content (AvgIpc) is 3.49. The predicted octanol–water partition coefficient (Wildman–Crippen LogP) is 5.16. The lowest BCUT2D eigenvalue weighted by Gasteiger charge is -2.14. The first-order valence-corrected chi connectivity index (χ1v) is 14.0. The Bertz CT molecular complexity index is 1360. The molecule has 1 amide bonds. The Labute approximate surface area is 215 Å². The number of aromatic nitrogens is 2. The van der Waals surface area contributed by atoms with E-state index in [0.717, 1.165) is 17.7 Å². The van der Waals surface area contributed by atoms with Crippen LogP contribution in [-0.2, 0) is 14.8 Å². The number of sulfonamides is 1. The molecule has 1 aromatic carbocycles. The average molecular weight is 531 g/mol. The molecule has 2 N–H and O–H groups in total. The number of thiazole rings is 1. The lowest BCUT2D eigenvalue weighted by atomic mass is 10.0. The third kappa shape index (κ3) is 5.79. The first-order chi connectivity index (χ1) is 17.2. The monoisotopic (exact) mass is 530 g/mol. The summed E-state index contributed by atoms with van der Waals surface area (Å²) in [6.45, 7) is 3.60. The highest BCUT2D eigenvalue weighted by molar-refractivity contribution is 7.92. The summed E-state index contributed by atoms with van der Waals surface area (Å²) >= 11 is 1.32. The van der Waals surface area contributed by atoms with Crippen molar-refractivity contribution in [1.82, 2.24) is 9.97 Å². The van der Waals surface area contributed by atoms with Crippen molar-refractivity contribution in [2.24, 2.45) is 5.92 Å². The van der Waals surface area contributed by atoms with Gasteiger partial charge in [0.2, 0.25) is 11.8 Å². The summed E-state index contributed by atoms with van der Waals surface area (Å²) in [4.78, 5) is 21.8. The molecule has 3 aromatic rings. The fourth-order valence-electron chi connectivity index (χ4n) is 4.34.